The highest BCUT2D eigenvalue weighted by atomic mass is 79.9. The zero-order chi connectivity index (χ0) is 18.1. The first-order chi connectivity index (χ1) is 11.9. The second-order valence-electron chi connectivity index (χ2n) is 5.08. The number of carbonyl (C=O) groups excluding carboxylic acids is 1. The smallest absolute Gasteiger partial charge is 0.339 e. The summed E-state index contributed by atoms with van der Waals surface area (Å²) in [5.74, 6) is -1.99. The van der Waals surface area contributed by atoms with Crippen LogP contribution in [0.5, 0.6) is 5.75 Å². The fraction of sp³-hybridized carbons (Fsp3) is 0. The Morgan fingerprint density at radius 1 is 1.24 bits per heavy atom. The van der Waals surface area contributed by atoms with E-state index in [1.165, 1.54) is 23.1 Å². The number of anilines is 1. The lowest BCUT2D eigenvalue weighted by Crippen LogP contribution is -2.27. The topological polar surface area (TPSA) is 77.8 Å². The van der Waals surface area contributed by atoms with Gasteiger partial charge in [-0.2, -0.15) is 0 Å². The molecule has 126 valence electrons. The number of carboxylic acid groups (broad SMARTS) is 1. The summed E-state index contributed by atoms with van der Waals surface area (Å²) in [6.07, 6.45) is 1.73. The maximum Gasteiger partial charge on any atom is 0.339 e. The van der Waals surface area contributed by atoms with Crippen LogP contribution in [0.2, 0.25) is 0 Å². The Morgan fingerprint density at radius 2 is 2.00 bits per heavy atom. The number of thiocarbonyl (C=S) groups is 1. The van der Waals surface area contributed by atoms with Crippen LogP contribution in [0.3, 0.4) is 0 Å². The number of hydrogen-bond donors (Lipinski definition) is 2. The minimum Gasteiger partial charge on any atom is -0.507 e. The number of aromatic carboxylic acids is 1. The molecule has 1 aliphatic heterocycles. The number of rotatable bonds is 3. The molecular formula is C17H10BrNO4S2. The summed E-state index contributed by atoms with van der Waals surface area (Å²) in [7, 11) is 0. The van der Waals surface area contributed by atoms with Crippen LogP contribution in [0.4, 0.5) is 5.69 Å². The lowest BCUT2D eigenvalue weighted by Gasteiger charge is -2.15. The molecular weight excluding hydrogens is 426 g/mol. The normalized spacial score (nSPS) is 15.9. The molecule has 2 aromatic rings. The predicted octanol–water partition coefficient (Wildman–Crippen LogP) is 4.26. The monoisotopic (exact) mass is 435 g/mol. The van der Waals surface area contributed by atoms with E-state index in [9.17, 15) is 14.7 Å². The van der Waals surface area contributed by atoms with Crippen LogP contribution in [0.25, 0.3) is 6.08 Å². The number of nitrogens with zero attached hydrogens (tertiary/aromatic N) is 1. The summed E-state index contributed by atoms with van der Waals surface area (Å²) in [6, 6.07) is 11.4. The van der Waals surface area contributed by atoms with Gasteiger partial charge in [0.1, 0.15) is 11.3 Å². The number of halogens is 1. The summed E-state index contributed by atoms with van der Waals surface area (Å²) in [5, 5.41) is 18.8. The molecule has 1 fully saturated rings. The zero-order valence-corrected chi connectivity index (χ0v) is 15.7. The Kier molecular flexibility index (Phi) is 4.94. The molecule has 3 rings (SSSR count). The summed E-state index contributed by atoms with van der Waals surface area (Å²) >= 11 is 9.80. The van der Waals surface area contributed by atoms with Gasteiger partial charge in [-0.05, 0) is 35.9 Å². The van der Waals surface area contributed by atoms with Crippen LogP contribution in [0.15, 0.2) is 51.8 Å². The van der Waals surface area contributed by atoms with Crippen molar-refractivity contribution in [1.29, 1.82) is 0 Å². The summed E-state index contributed by atoms with van der Waals surface area (Å²) in [5.41, 5.74) is 0.931. The van der Waals surface area contributed by atoms with E-state index in [-0.39, 0.29) is 11.5 Å². The van der Waals surface area contributed by atoms with Gasteiger partial charge in [-0.15, -0.1) is 0 Å². The molecule has 1 saturated heterocycles. The molecule has 0 radical (unpaired) electrons. The maximum absolute atomic E-state index is 12.7. The second-order valence-corrected chi connectivity index (χ2v) is 7.67. The highest BCUT2D eigenvalue weighted by Gasteiger charge is 2.33. The van der Waals surface area contributed by atoms with Crippen molar-refractivity contribution >= 4 is 67.9 Å². The summed E-state index contributed by atoms with van der Waals surface area (Å²) in [6.45, 7) is 0. The third-order valence-corrected chi connectivity index (χ3v) is 5.21. The Labute approximate surface area is 161 Å². The first kappa shape index (κ1) is 17.7. The van der Waals surface area contributed by atoms with E-state index in [2.05, 4.69) is 15.9 Å². The molecule has 0 aliphatic carbocycles. The Bertz CT molecular complexity index is 942. The van der Waals surface area contributed by atoms with Crippen LogP contribution in [0, 0.1) is 0 Å². The molecule has 0 spiro atoms. The van der Waals surface area contributed by atoms with Crippen molar-refractivity contribution in [3.63, 3.8) is 0 Å². The van der Waals surface area contributed by atoms with Gasteiger partial charge in [-0.3, -0.25) is 9.69 Å². The molecule has 0 saturated carbocycles. The Balaban J connectivity index is 1.94. The standard InChI is InChI=1S/C17H10BrNO4S2/c18-10-3-1-2-9(6-10)7-14-15(21)19(17(24)25-14)11-4-5-12(16(22)23)13(20)8-11/h1-8,20H,(H,22,23)/b14-7-. The molecule has 5 nitrogen and oxygen atoms in total. The minimum absolute atomic E-state index is 0.237. The van der Waals surface area contributed by atoms with Crippen LogP contribution >= 0.6 is 39.9 Å². The molecule has 25 heavy (non-hydrogen) atoms. The number of amides is 1. The first-order valence-electron chi connectivity index (χ1n) is 6.96. The van der Waals surface area contributed by atoms with E-state index in [4.69, 9.17) is 17.3 Å². The number of aromatic hydroxyl groups is 1. The minimum atomic E-state index is -1.25. The van der Waals surface area contributed by atoms with Gasteiger partial charge in [-0.1, -0.05) is 52.0 Å². The van der Waals surface area contributed by atoms with Gasteiger partial charge in [0.15, 0.2) is 4.32 Å². The largest absolute Gasteiger partial charge is 0.507 e. The number of benzene rings is 2. The second kappa shape index (κ2) is 6.99. The Morgan fingerprint density at radius 3 is 2.64 bits per heavy atom. The quantitative estimate of drug-likeness (QED) is 0.553. The number of carbonyl (C=O) groups is 2. The van der Waals surface area contributed by atoms with E-state index in [0.717, 1.165) is 21.8 Å². The lowest BCUT2D eigenvalue weighted by molar-refractivity contribution is -0.113. The maximum atomic E-state index is 12.7. The number of thioether (sulfide) groups is 1. The first-order valence-corrected chi connectivity index (χ1v) is 8.98. The van der Waals surface area contributed by atoms with Crippen molar-refractivity contribution in [3.05, 3.63) is 63.0 Å². The van der Waals surface area contributed by atoms with Crippen LogP contribution < -0.4 is 4.90 Å². The lowest BCUT2D eigenvalue weighted by atomic mass is 10.1. The van der Waals surface area contributed by atoms with E-state index in [1.54, 1.807) is 6.08 Å². The Hall–Kier alpha value is -2.16. The van der Waals surface area contributed by atoms with Gasteiger partial charge < -0.3 is 10.2 Å². The van der Waals surface area contributed by atoms with Crippen LogP contribution in [0.1, 0.15) is 15.9 Å². The zero-order valence-electron chi connectivity index (χ0n) is 12.5. The highest BCUT2D eigenvalue weighted by molar-refractivity contribution is 9.10. The molecule has 0 bridgehead atoms. The van der Waals surface area contributed by atoms with Crippen LogP contribution in [-0.4, -0.2) is 26.4 Å². The average molecular weight is 436 g/mol. The highest BCUT2D eigenvalue weighted by Crippen LogP contribution is 2.37. The number of phenols is 1. The van der Waals surface area contributed by atoms with Gasteiger partial charge in [-0.25, -0.2) is 4.79 Å². The molecule has 1 heterocycles. The molecule has 2 aromatic carbocycles. The van der Waals surface area contributed by atoms with Gasteiger partial charge in [0.05, 0.1) is 10.6 Å². The summed E-state index contributed by atoms with van der Waals surface area (Å²) < 4.78 is 1.21. The predicted molar refractivity (Wildman–Crippen MR) is 105 cm³/mol. The van der Waals surface area contributed by atoms with Crippen molar-refractivity contribution in [2.45, 2.75) is 0 Å². The van der Waals surface area contributed by atoms with Crippen molar-refractivity contribution in [2.24, 2.45) is 0 Å². The van der Waals surface area contributed by atoms with E-state index in [1.807, 2.05) is 24.3 Å². The average Bonchev–Trinajstić information content (AvgIpc) is 2.81. The number of hydrogen-bond acceptors (Lipinski definition) is 5. The van der Waals surface area contributed by atoms with Gasteiger partial charge in [0, 0.05) is 10.5 Å². The molecule has 1 amide bonds. The van der Waals surface area contributed by atoms with Crippen molar-refractivity contribution in [3.8, 4) is 5.75 Å². The van der Waals surface area contributed by atoms with Gasteiger partial charge in [0.25, 0.3) is 5.91 Å². The summed E-state index contributed by atoms with van der Waals surface area (Å²) in [4.78, 5) is 25.4. The molecule has 0 unspecified atom stereocenters. The van der Waals surface area contributed by atoms with Crippen molar-refractivity contribution < 1.29 is 19.8 Å². The third-order valence-electron chi connectivity index (χ3n) is 3.41. The van der Waals surface area contributed by atoms with E-state index >= 15 is 0 Å². The third kappa shape index (κ3) is 3.60. The van der Waals surface area contributed by atoms with Crippen LogP contribution in [-0.2, 0) is 4.79 Å². The van der Waals surface area contributed by atoms with Gasteiger partial charge >= 0.3 is 5.97 Å². The van der Waals surface area contributed by atoms with Gasteiger partial charge in [0.2, 0.25) is 0 Å². The fourth-order valence-electron chi connectivity index (χ4n) is 2.28. The fourth-order valence-corrected chi connectivity index (χ4v) is 3.99. The van der Waals surface area contributed by atoms with Crippen molar-refractivity contribution in [1.82, 2.24) is 0 Å². The molecule has 0 atom stereocenters. The van der Waals surface area contributed by atoms with Crippen molar-refractivity contribution in [2.75, 3.05) is 4.90 Å². The molecule has 8 heteroatoms. The van der Waals surface area contributed by atoms with E-state index in [0.29, 0.717) is 14.9 Å². The SMILES string of the molecule is O=C(O)c1ccc(N2C(=O)/C(=C/c3cccc(Br)c3)SC2=S)cc1O. The molecule has 2 N–H and O–H groups in total. The van der Waals surface area contributed by atoms with E-state index < -0.39 is 11.7 Å². The molecule has 1 aliphatic rings. The number of carboxylic acids is 1. The molecule has 0 aromatic heterocycles.